The molecule has 2 saturated carbocycles. The Kier molecular flexibility index (Phi) is 6.70. The number of rotatable bonds is 13. The van der Waals surface area contributed by atoms with Gasteiger partial charge in [0.2, 0.25) is 0 Å². The first-order chi connectivity index (χ1) is 13.8. The molecule has 1 aromatic rings. The van der Waals surface area contributed by atoms with Crippen LogP contribution in [0.4, 0.5) is 0 Å². The third kappa shape index (κ3) is 5.21. The van der Waals surface area contributed by atoms with Crippen LogP contribution in [0.2, 0.25) is 0 Å². The van der Waals surface area contributed by atoms with E-state index in [-0.39, 0.29) is 5.41 Å². The number of carboxylic acids is 2. The van der Waals surface area contributed by atoms with E-state index in [1.165, 1.54) is 22.3 Å². The molecule has 160 valence electrons. The van der Waals surface area contributed by atoms with Gasteiger partial charge in [0.1, 0.15) is 0 Å². The summed E-state index contributed by atoms with van der Waals surface area (Å²) in [5.74, 6) is -1.21. The fraction of sp³-hybridized carbons (Fsp3) is 0.680. The van der Waals surface area contributed by atoms with E-state index < -0.39 is 17.4 Å². The fourth-order valence-corrected chi connectivity index (χ4v) is 4.65. The van der Waals surface area contributed by atoms with Gasteiger partial charge in [0, 0.05) is 0 Å². The molecule has 2 N–H and O–H groups in total. The van der Waals surface area contributed by atoms with Crippen molar-refractivity contribution in [3.8, 4) is 0 Å². The molecule has 2 fully saturated rings. The Hall–Kier alpha value is -1.84. The zero-order chi connectivity index (χ0) is 21.1. The highest BCUT2D eigenvalue weighted by Crippen LogP contribution is 2.50. The second kappa shape index (κ2) is 8.89. The first-order valence-electron chi connectivity index (χ1n) is 11.3. The average molecular weight is 401 g/mol. The Morgan fingerprint density at radius 1 is 0.724 bits per heavy atom. The number of carbonyl (C=O) groups is 2. The highest BCUT2D eigenvalue weighted by atomic mass is 16.4. The van der Waals surface area contributed by atoms with Gasteiger partial charge in [-0.3, -0.25) is 9.59 Å². The summed E-state index contributed by atoms with van der Waals surface area (Å²) in [5.41, 5.74) is 4.80. The number of aryl methyl sites for hydroxylation is 2. The van der Waals surface area contributed by atoms with Gasteiger partial charge < -0.3 is 10.2 Å². The second-order valence-electron chi connectivity index (χ2n) is 9.57. The molecule has 3 rings (SSSR count). The van der Waals surface area contributed by atoms with Crippen LogP contribution in [0.15, 0.2) is 12.1 Å². The number of hydrogen-bond acceptors (Lipinski definition) is 2. The molecule has 2 aliphatic rings. The first-order valence-corrected chi connectivity index (χ1v) is 11.3. The van der Waals surface area contributed by atoms with Crippen LogP contribution < -0.4 is 0 Å². The summed E-state index contributed by atoms with van der Waals surface area (Å²) in [4.78, 5) is 22.5. The minimum absolute atomic E-state index is 0.377. The van der Waals surface area contributed by atoms with Crippen LogP contribution in [0.5, 0.6) is 0 Å². The predicted octanol–water partition coefficient (Wildman–Crippen LogP) is 5.85. The Morgan fingerprint density at radius 3 is 1.48 bits per heavy atom. The van der Waals surface area contributed by atoms with Crippen LogP contribution in [-0.2, 0) is 22.4 Å². The van der Waals surface area contributed by atoms with E-state index in [2.05, 4.69) is 26.0 Å². The Labute approximate surface area is 174 Å². The summed E-state index contributed by atoms with van der Waals surface area (Å²) in [6.07, 6.45) is 12.5. The quantitative estimate of drug-likeness (QED) is 0.407. The highest BCUT2D eigenvalue weighted by molar-refractivity contribution is 5.78. The first kappa shape index (κ1) is 21.9. The van der Waals surface area contributed by atoms with Crippen molar-refractivity contribution < 1.29 is 19.8 Å². The topological polar surface area (TPSA) is 74.6 Å². The minimum Gasteiger partial charge on any atom is -0.481 e. The maximum atomic E-state index is 11.3. The molecule has 29 heavy (non-hydrogen) atoms. The molecule has 0 amide bonds. The molecule has 0 radical (unpaired) electrons. The second-order valence-corrected chi connectivity index (χ2v) is 9.57. The molecule has 0 heterocycles. The molecule has 4 nitrogen and oxygen atoms in total. The van der Waals surface area contributed by atoms with Crippen molar-refractivity contribution in [1.82, 2.24) is 0 Å². The van der Waals surface area contributed by atoms with E-state index in [1.807, 2.05) is 0 Å². The van der Waals surface area contributed by atoms with Gasteiger partial charge in [-0.2, -0.15) is 0 Å². The predicted molar refractivity (Wildman–Crippen MR) is 114 cm³/mol. The fourth-order valence-electron chi connectivity index (χ4n) is 4.65. The molecular formula is C25H36O4. The monoisotopic (exact) mass is 400 g/mol. The summed E-state index contributed by atoms with van der Waals surface area (Å²) < 4.78 is 0. The Morgan fingerprint density at radius 2 is 1.10 bits per heavy atom. The van der Waals surface area contributed by atoms with E-state index in [1.54, 1.807) is 0 Å². The summed E-state index contributed by atoms with van der Waals surface area (Å²) in [6, 6.07) is 4.52. The molecule has 2 aliphatic carbocycles. The molecule has 0 unspecified atom stereocenters. The molecule has 4 heteroatoms. The lowest BCUT2D eigenvalue weighted by Crippen LogP contribution is -2.14. The van der Waals surface area contributed by atoms with Crippen molar-refractivity contribution in [1.29, 1.82) is 0 Å². The Balaban J connectivity index is 1.39. The van der Waals surface area contributed by atoms with Gasteiger partial charge >= 0.3 is 11.9 Å². The van der Waals surface area contributed by atoms with Gasteiger partial charge in [0.05, 0.1) is 10.8 Å². The van der Waals surface area contributed by atoms with Crippen molar-refractivity contribution >= 4 is 11.9 Å². The van der Waals surface area contributed by atoms with E-state index in [0.717, 1.165) is 83.5 Å². The maximum Gasteiger partial charge on any atom is 0.309 e. The van der Waals surface area contributed by atoms with Crippen LogP contribution >= 0.6 is 0 Å². The number of benzene rings is 1. The molecule has 0 aromatic heterocycles. The van der Waals surface area contributed by atoms with Gasteiger partial charge in [-0.15, -0.1) is 0 Å². The molecule has 0 saturated heterocycles. The SMILES string of the molecule is Cc1c(CCCCCC2(C(=O)O)CC2)ccc(CCCCC2(C(=O)O)CC2)c1C. The normalized spacial score (nSPS) is 18.4. The van der Waals surface area contributed by atoms with Crippen molar-refractivity contribution in [2.45, 2.75) is 97.3 Å². The number of carboxylic acid groups (broad SMARTS) is 2. The van der Waals surface area contributed by atoms with Gasteiger partial charge in [-0.1, -0.05) is 31.4 Å². The molecule has 0 atom stereocenters. The van der Waals surface area contributed by atoms with Gasteiger partial charge in [0.15, 0.2) is 0 Å². The molecule has 0 spiro atoms. The maximum absolute atomic E-state index is 11.3. The minimum atomic E-state index is -0.607. The lowest BCUT2D eigenvalue weighted by Gasteiger charge is -2.15. The van der Waals surface area contributed by atoms with E-state index in [9.17, 15) is 19.8 Å². The number of unbranched alkanes of at least 4 members (excludes halogenated alkanes) is 3. The lowest BCUT2D eigenvalue weighted by atomic mass is 9.91. The highest BCUT2D eigenvalue weighted by Gasteiger charge is 2.49. The standard InChI is InChI=1S/C25H36O4/c1-18-19(2)21(9-5-7-13-25(16-17-25)23(28)29)11-10-20(18)8-4-3-6-12-24(14-15-24)22(26)27/h10-11H,3-9,12-17H2,1-2H3,(H,26,27)(H,28,29). The van der Waals surface area contributed by atoms with E-state index >= 15 is 0 Å². The lowest BCUT2D eigenvalue weighted by molar-refractivity contribution is -0.144. The van der Waals surface area contributed by atoms with Crippen molar-refractivity contribution in [3.63, 3.8) is 0 Å². The van der Waals surface area contributed by atoms with Gasteiger partial charge in [-0.25, -0.2) is 0 Å². The zero-order valence-electron chi connectivity index (χ0n) is 18.1. The van der Waals surface area contributed by atoms with Crippen LogP contribution in [0.1, 0.15) is 92.9 Å². The Bertz CT molecular complexity index is 756. The number of hydrogen-bond donors (Lipinski definition) is 2. The van der Waals surface area contributed by atoms with E-state index in [0.29, 0.717) is 0 Å². The smallest absolute Gasteiger partial charge is 0.309 e. The summed E-state index contributed by atoms with van der Waals surface area (Å²) in [5, 5.41) is 18.5. The largest absolute Gasteiger partial charge is 0.481 e. The van der Waals surface area contributed by atoms with Crippen LogP contribution in [-0.4, -0.2) is 22.2 Å². The van der Waals surface area contributed by atoms with Gasteiger partial charge in [-0.05, 0) is 100 Å². The average Bonchev–Trinajstić information content (AvgIpc) is 3.58. The molecule has 1 aromatic carbocycles. The van der Waals surface area contributed by atoms with Crippen LogP contribution in [0.3, 0.4) is 0 Å². The van der Waals surface area contributed by atoms with Crippen LogP contribution in [0.25, 0.3) is 0 Å². The number of aliphatic carboxylic acids is 2. The van der Waals surface area contributed by atoms with Gasteiger partial charge in [0.25, 0.3) is 0 Å². The summed E-state index contributed by atoms with van der Waals surface area (Å²) >= 11 is 0. The molecule has 0 aliphatic heterocycles. The third-order valence-electron chi connectivity index (χ3n) is 7.58. The van der Waals surface area contributed by atoms with E-state index in [4.69, 9.17) is 0 Å². The van der Waals surface area contributed by atoms with Crippen LogP contribution in [0, 0.1) is 24.7 Å². The molecule has 0 bridgehead atoms. The van der Waals surface area contributed by atoms with Crippen molar-refractivity contribution in [2.24, 2.45) is 10.8 Å². The summed E-state index contributed by atoms with van der Waals surface area (Å²) in [7, 11) is 0. The summed E-state index contributed by atoms with van der Waals surface area (Å²) in [6.45, 7) is 4.42. The van der Waals surface area contributed by atoms with Crippen molar-refractivity contribution in [3.05, 3.63) is 34.4 Å². The zero-order valence-corrected chi connectivity index (χ0v) is 18.1. The molecular weight excluding hydrogens is 364 g/mol. The third-order valence-corrected chi connectivity index (χ3v) is 7.58. The van der Waals surface area contributed by atoms with Crippen molar-refractivity contribution in [2.75, 3.05) is 0 Å².